The predicted octanol–water partition coefficient (Wildman–Crippen LogP) is 3.01. The Morgan fingerprint density at radius 3 is 2.41 bits per heavy atom. The van der Waals surface area contributed by atoms with Gasteiger partial charge in [0.25, 0.3) is 0 Å². The van der Waals surface area contributed by atoms with Crippen LogP contribution in [0.1, 0.15) is 31.4 Å². The molecule has 0 heterocycles. The topological polar surface area (TPSA) is 24.1 Å². The lowest BCUT2D eigenvalue weighted by molar-refractivity contribution is 0.576. The normalized spacial score (nSPS) is 10.4. The number of thiocarbonyl (C=S) groups is 1. The van der Waals surface area contributed by atoms with E-state index in [9.17, 15) is 0 Å². The molecule has 0 radical (unpaired) electrons. The molecule has 0 saturated carbocycles. The number of rotatable bonds is 5. The fraction of sp³-hybridized carbons (Fsp3) is 0.500. The van der Waals surface area contributed by atoms with E-state index in [4.69, 9.17) is 12.2 Å². The van der Waals surface area contributed by atoms with Crippen LogP contribution in [-0.2, 0) is 6.54 Å². The smallest absolute Gasteiger partial charge is 0.166 e. The number of aryl methyl sites for hydroxylation is 1. The molecule has 0 aliphatic heterocycles. The molecule has 0 aromatic heterocycles. The van der Waals surface area contributed by atoms with Gasteiger partial charge in [0.2, 0.25) is 0 Å². The van der Waals surface area contributed by atoms with Crippen LogP contribution in [0.2, 0.25) is 0 Å². The summed E-state index contributed by atoms with van der Waals surface area (Å²) in [7, 11) is 0. The van der Waals surface area contributed by atoms with Gasteiger partial charge in [0.1, 0.15) is 0 Å². The average molecular weight is 250 g/mol. The Labute approximate surface area is 110 Å². The highest BCUT2D eigenvalue weighted by Crippen LogP contribution is 2.02. The second kappa shape index (κ2) is 7.28. The Hall–Kier alpha value is -1.09. The zero-order valence-electron chi connectivity index (χ0n) is 10.9. The maximum Gasteiger partial charge on any atom is 0.166 e. The Balaban J connectivity index is 2.21. The van der Waals surface area contributed by atoms with E-state index in [1.165, 1.54) is 11.1 Å². The van der Waals surface area contributed by atoms with Crippen molar-refractivity contribution in [2.24, 2.45) is 5.92 Å². The zero-order valence-corrected chi connectivity index (χ0v) is 11.7. The molecule has 3 heteroatoms. The molecule has 2 N–H and O–H groups in total. The van der Waals surface area contributed by atoms with Crippen LogP contribution in [0.3, 0.4) is 0 Å². The van der Waals surface area contributed by atoms with E-state index in [1.54, 1.807) is 0 Å². The molecule has 0 atom stereocenters. The molecule has 1 aromatic carbocycles. The van der Waals surface area contributed by atoms with Crippen LogP contribution in [0.15, 0.2) is 24.3 Å². The van der Waals surface area contributed by atoms with E-state index in [0.29, 0.717) is 5.92 Å². The van der Waals surface area contributed by atoms with Crippen molar-refractivity contribution in [2.45, 2.75) is 33.7 Å². The van der Waals surface area contributed by atoms with Crippen LogP contribution in [0.5, 0.6) is 0 Å². The van der Waals surface area contributed by atoms with Crippen LogP contribution < -0.4 is 10.6 Å². The van der Waals surface area contributed by atoms with Crippen LogP contribution in [0.4, 0.5) is 0 Å². The molecule has 0 aliphatic rings. The summed E-state index contributed by atoms with van der Waals surface area (Å²) in [5.74, 6) is 0.711. The van der Waals surface area contributed by atoms with Crippen molar-refractivity contribution < 1.29 is 0 Å². The first-order chi connectivity index (χ1) is 8.08. The van der Waals surface area contributed by atoms with Crippen molar-refractivity contribution in [3.05, 3.63) is 35.4 Å². The van der Waals surface area contributed by atoms with Crippen LogP contribution in [0.25, 0.3) is 0 Å². The molecule has 0 amide bonds. The van der Waals surface area contributed by atoms with Crippen molar-refractivity contribution in [3.8, 4) is 0 Å². The molecule has 0 aliphatic carbocycles. The summed E-state index contributed by atoms with van der Waals surface area (Å²) in [4.78, 5) is 0. The fourth-order valence-electron chi connectivity index (χ4n) is 1.43. The summed E-state index contributed by atoms with van der Waals surface area (Å²) in [6, 6.07) is 8.48. The van der Waals surface area contributed by atoms with Crippen LogP contribution >= 0.6 is 12.2 Å². The molecule has 0 saturated heterocycles. The minimum Gasteiger partial charge on any atom is -0.363 e. The van der Waals surface area contributed by atoms with Crippen molar-refractivity contribution >= 4 is 17.3 Å². The number of nitrogens with one attached hydrogen (secondary N) is 2. The van der Waals surface area contributed by atoms with Gasteiger partial charge in [-0.05, 0) is 37.0 Å². The van der Waals surface area contributed by atoms with Gasteiger partial charge in [0, 0.05) is 13.1 Å². The maximum atomic E-state index is 5.21. The summed E-state index contributed by atoms with van der Waals surface area (Å²) in [6.07, 6.45) is 1.15. The maximum absolute atomic E-state index is 5.21. The SMILES string of the molecule is Cc1ccc(CNC(=S)NCCC(C)C)cc1. The Kier molecular flexibility index (Phi) is 5.98. The molecule has 0 spiro atoms. The van der Waals surface area contributed by atoms with Crippen molar-refractivity contribution in [1.29, 1.82) is 0 Å². The highest BCUT2D eigenvalue weighted by atomic mass is 32.1. The Morgan fingerprint density at radius 1 is 1.18 bits per heavy atom. The third-order valence-electron chi connectivity index (χ3n) is 2.58. The largest absolute Gasteiger partial charge is 0.363 e. The molecule has 0 bridgehead atoms. The minimum absolute atomic E-state index is 0.711. The lowest BCUT2D eigenvalue weighted by atomic mass is 10.1. The average Bonchev–Trinajstić information content (AvgIpc) is 2.28. The van der Waals surface area contributed by atoms with Gasteiger partial charge in [0.15, 0.2) is 5.11 Å². The second-order valence-electron chi connectivity index (χ2n) is 4.78. The summed E-state index contributed by atoms with van der Waals surface area (Å²) < 4.78 is 0. The summed E-state index contributed by atoms with van der Waals surface area (Å²) in [6.45, 7) is 8.25. The highest BCUT2D eigenvalue weighted by Gasteiger charge is 1.97. The van der Waals surface area contributed by atoms with Gasteiger partial charge in [0.05, 0.1) is 0 Å². The summed E-state index contributed by atoms with van der Waals surface area (Å²) in [5.41, 5.74) is 2.54. The van der Waals surface area contributed by atoms with E-state index in [-0.39, 0.29) is 0 Å². The number of hydrogen-bond acceptors (Lipinski definition) is 1. The summed E-state index contributed by atoms with van der Waals surface area (Å²) in [5, 5.41) is 7.17. The van der Waals surface area contributed by atoms with Gasteiger partial charge in [-0.15, -0.1) is 0 Å². The number of benzene rings is 1. The van der Waals surface area contributed by atoms with E-state index in [2.05, 4.69) is 55.7 Å². The summed E-state index contributed by atoms with van der Waals surface area (Å²) >= 11 is 5.21. The third kappa shape index (κ3) is 6.27. The quantitative estimate of drug-likeness (QED) is 0.786. The van der Waals surface area contributed by atoms with Crippen LogP contribution in [0, 0.1) is 12.8 Å². The zero-order chi connectivity index (χ0) is 12.7. The van der Waals surface area contributed by atoms with Crippen molar-refractivity contribution in [2.75, 3.05) is 6.54 Å². The fourth-order valence-corrected chi connectivity index (χ4v) is 1.60. The van der Waals surface area contributed by atoms with Gasteiger partial charge >= 0.3 is 0 Å². The second-order valence-corrected chi connectivity index (χ2v) is 5.19. The van der Waals surface area contributed by atoms with Crippen molar-refractivity contribution in [3.63, 3.8) is 0 Å². The highest BCUT2D eigenvalue weighted by molar-refractivity contribution is 7.80. The van der Waals surface area contributed by atoms with Gasteiger partial charge < -0.3 is 10.6 Å². The molecule has 0 unspecified atom stereocenters. The van der Waals surface area contributed by atoms with E-state index in [1.807, 2.05) is 0 Å². The molecular formula is C14H22N2S. The molecule has 94 valence electrons. The molecule has 1 rings (SSSR count). The Bertz CT molecular complexity index is 344. The van der Waals surface area contributed by atoms with E-state index in [0.717, 1.165) is 24.6 Å². The third-order valence-corrected chi connectivity index (χ3v) is 2.87. The van der Waals surface area contributed by atoms with Gasteiger partial charge in [-0.3, -0.25) is 0 Å². The standard InChI is InChI=1S/C14H22N2S/c1-11(2)8-9-15-14(17)16-10-13-6-4-12(3)5-7-13/h4-7,11H,8-10H2,1-3H3,(H2,15,16,17). The van der Waals surface area contributed by atoms with Gasteiger partial charge in [-0.1, -0.05) is 43.7 Å². The van der Waals surface area contributed by atoms with Gasteiger partial charge in [-0.2, -0.15) is 0 Å². The lowest BCUT2D eigenvalue weighted by Gasteiger charge is -2.11. The first-order valence-electron chi connectivity index (χ1n) is 6.15. The van der Waals surface area contributed by atoms with Crippen molar-refractivity contribution in [1.82, 2.24) is 10.6 Å². The minimum atomic E-state index is 0.711. The number of hydrogen-bond donors (Lipinski definition) is 2. The lowest BCUT2D eigenvalue weighted by Crippen LogP contribution is -2.35. The Morgan fingerprint density at radius 2 is 1.82 bits per heavy atom. The molecular weight excluding hydrogens is 228 g/mol. The van der Waals surface area contributed by atoms with E-state index >= 15 is 0 Å². The molecule has 17 heavy (non-hydrogen) atoms. The predicted molar refractivity (Wildman–Crippen MR) is 78.1 cm³/mol. The van der Waals surface area contributed by atoms with Gasteiger partial charge in [-0.25, -0.2) is 0 Å². The van der Waals surface area contributed by atoms with E-state index < -0.39 is 0 Å². The van der Waals surface area contributed by atoms with Crippen LogP contribution in [-0.4, -0.2) is 11.7 Å². The molecule has 0 fully saturated rings. The monoisotopic (exact) mass is 250 g/mol. The first kappa shape index (κ1) is 14.0. The molecule has 1 aromatic rings. The first-order valence-corrected chi connectivity index (χ1v) is 6.56. The molecule has 2 nitrogen and oxygen atoms in total.